The predicted octanol–water partition coefficient (Wildman–Crippen LogP) is 2.73. The molecule has 0 saturated heterocycles. The van der Waals surface area contributed by atoms with Gasteiger partial charge < -0.3 is 10.6 Å². The minimum absolute atomic E-state index is 0.144. The maximum Gasteiger partial charge on any atom is 0.346 e. The Morgan fingerprint density at radius 3 is 2.80 bits per heavy atom. The lowest BCUT2D eigenvalue weighted by Gasteiger charge is -2.44. The van der Waals surface area contributed by atoms with Crippen molar-refractivity contribution in [3.8, 4) is 0 Å². The minimum atomic E-state index is -0.471. The van der Waals surface area contributed by atoms with E-state index in [1.54, 1.807) is 0 Å². The van der Waals surface area contributed by atoms with Crippen LogP contribution >= 0.6 is 0 Å². The molecule has 1 aromatic rings. The summed E-state index contributed by atoms with van der Waals surface area (Å²) in [6, 6.07) is 8.59. The number of urea groups is 1. The number of nitrogens with two attached hydrogens (primary N) is 1. The smallest absolute Gasteiger partial charge is 0.346 e. The van der Waals surface area contributed by atoms with Gasteiger partial charge in [0.2, 0.25) is 0 Å². The third-order valence-electron chi connectivity index (χ3n) is 5.05. The van der Waals surface area contributed by atoms with E-state index in [1.807, 2.05) is 11.0 Å². The fraction of sp³-hybridized carbons (Fsp3) is 0.500. The monoisotopic (exact) mass is 269 g/mol. The normalized spacial score (nSPS) is 32.5. The van der Waals surface area contributed by atoms with Crippen molar-refractivity contribution in [3.63, 3.8) is 0 Å². The van der Waals surface area contributed by atoms with Gasteiger partial charge in [0.1, 0.15) is 11.4 Å². The van der Waals surface area contributed by atoms with Crippen LogP contribution in [0.25, 0.3) is 0 Å². The van der Waals surface area contributed by atoms with Crippen molar-refractivity contribution in [1.29, 1.82) is 0 Å². The molecule has 2 atom stereocenters. The van der Waals surface area contributed by atoms with E-state index in [0.717, 1.165) is 25.7 Å². The summed E-state index contributed by atoms with van der Waals surface area (Å²) >= 11 is 0. The number of amides is 2. The number of hydrogen-bond donors (Lipinski definition) is 1. The number of amidine groups is 1. The molecule has 3 aliphatic rings. The highest BCUT2D eigenvalue weighted by Crippen LogP contribution is 2.50. The summed E-state index contributed by atoms with van der Waals surface area (Å²) in [6.07, 6.45) is 4.09. The molecule has 2 amide bonds. The molecule has 1 spiro atoms. The van der Waals surface area contributed by atoms with Gasteiger partial charge in [-0.25, -0.2) is 4.79 Å². The van der Waals surface area contributed by atoms with Gasteiger partial charge in [-0.05, 0) is 42.7 Å². The number of rotatable bonds is 1. The highest BCUT2D eigenvalue weighted by molar-refractivity contribution is 6.07. The van der Waals surface area contributed by atoms with E-state index in [0.29, 0.717) is 17.8 Å². The molecule has 1 saturated carbocycles. The lowest BCUT2D eigenvalue weighted by Crippen LogP contribution is -2.54. The topological polar surface area (TPSA) is 58.7 Å². The largest absolute Gasteiger partial charge is 0.385 e. The third kappa shape index (κ3) is 1.37. The van der Waals surface area contributed by atoms with Gasteiger partial charge in [-0.3, -0.25) is 0 Å². The van der Waals surface area contributed by atoms with E-state index < -0.39 is 5.54 Å². The molecular formula is C16H19N3O. The first-order chi connectivity index (χ1) is 9.64. The van der Waals surface area contributed by atoms with Crippen molar-refractivity contribution in [3.05, 3.63) is 35.4 Å². The van der Waals surface area contributed by atoms with Crippen molar-refractivity contribution in [2.24, 2.45) is 10.7 Å². The number of benzene rings is 1. The first-order valence-electron chi connectivity index (χ1n) is 7.42. The van der Waals surface area contributed by atoms with E-state index in [2.05, 4.69) is 30.1 Å². The van der Waals surface area contributed by atoms with Crippen LogP contribution in [0.2, 0.25) is 0 Å². The number of hydrogen-bond acceptors (Lipinski definition) is 2. The molecule has 4 rings (SSSR count). The number of aliphatic imine (C=N–C) groups is 1. The van der Waals surface area contributed by atoms with Crippen LogP contribution in [0.1, 0.15) is 49.7 Å². The van der Waals surface area contributed by atoms with Crippen LogP contribution in [-0.4, -0.2) is 22.8 Å². The molecule has 1 fully saturated rings. The van der Waals surface area contributed by atoms with E-state index in [-0.39, 0.29) is 6.03 Å². The van der Waals surface area contributed by atoms with Crippen LogP contribution in [-0.2, 0) is 5.54 Å². The average Bonchev–Trinajstić information content (AvgIpc) is 3.23. The summed E-state index contributed by atoms with van der Waals surface area (Å²) in [5.41, 5.74) is 8.28. The molecule has 1 aromatic carbocycles. The van der Waals surface area contributed by atoms with E-state index in [4.69, 9.17) is 5.73 Å². The fourth-order valence-electron chi connectivity index (χ4n) is 3.87. The van der Waals surface area contributed by atoms with Crippen LogP contribution in [0, 0.1) is 0 Å². The molecule has 0 aromatic heterocycles. The Bertz CT molecular complexity index is 620. The SMILES string of the molecule is CC1CCC2(C(N)=NC(=O)N2C2CC2)c2ccccc21. The zero-order valence-corrected chi connectivity index (χ0v) is 11.7. The molecule has 2 N–H and O–H groups in total. The van der Waals surface area contributed by atoms with Crippen molar-refractivity contribution in [1.82, 2.24) is 4.90 Å². The van der Waals surface area contributed by atoms with Gasteiger partial charge in [0.25, 0.3) is 0 Å². The maximum atomic E-state index is 12.3. The van der Waals surface area contributed by atoms with Crippen molar-refractivity contribution in [2.75, 3.05) is 0 Å². The van der Waals surface area contributed by atoms with E-state index in [9.17, 15) is 4.79 Å². The number of fused-ring (bicyclic) bond motifs is 2. The summed E-state index contributed by atoms with van der Waals surface area (Å²) in [5, 5.41) is 0. The molecule has 104 valence electrons. The molecule has 0 bridgehead atoms. The van der Waals surface area contributed by atoms with Crippen LogP contribution in [0.5, 0.6) is 0 Å². The predicted molar refractivity (Wildman–Crippen MR) is 77.6 cm³/mol. The third-order valence-corrected chi connectivity index (χ3v) is 5.05. The molecule has 4 heteroatoms. The Hall–Kier alpha value is -1.84. The zero-order chi connectivity index (χ0) is 13.9. The molecule has 1 heterocycles. The second-order valence-electron chi connectivity index (χ2n) is 6.27. The lowest BCUT2D eigenvalue weighted by molar-refractivity contribution is 0.150. The number of carbonyl (C=O) groups is 1. The average molecular weight is 269 g/mol. The van der Waals surface area contributed by atoms with Crippen LogP contribution in [0.15, 0.2) is 29.3 Å². The molecule has 0 radical (unpaired) electrons. The van der Waals surface area contributed by atoms with Gasteiger partial charge in [-0.1, -0.05) is 31.2 Å². The standard InChI is InChI=1S/C16H19N3O/c1-10-8-9-16(13-5-3-2-4-12(10)13)14(17)18-15(20)19(16)11-6-7-11/h2-5,10-11H,6-9H2,1H3,(H2,17,18,20). The summed E-state index contributed by atoms with van der Waals surface area (Å²) in [5.74, 6) is 1.01. The summed E-state index contributed by atoms with van der Waals surface area (Å²) in [6.45, 7) is 2.25. The lowest BCUT2D eigenvalue weighted by atomic mass is 9.71. The quantitative estimate of drug-likeness (QED) is 0.852. The maximum absolute atomic E-state index is 12.3. The molecule has 4 nitrogen and oxygen atoms in total. The summed E-state index contributed by atoms with van der Waals surface area (Å²) in [4.78, 5) is 18.4. The minimum Gasteiger partial charge on any atom is -0.385 e. The second kappa shape index (κ2) is 3.84. The highest BCUT2D eigenvalue weighted by Gasteiger charge is 2.56. The van der Waals surface area contributed by atoms with Crippen LogP contribution < -0.4 is 5.73 Å². The molecule has 2 aliphatic carbocycles. The molecule has 2 unspecified atom stereocenters. The highest BCUT2D eigenvalue weighted by atomic mass is 16.2. The van der Waals surface area contributed by atoms with Crippen molar-refractivity contribution < 1.29 is 4.79 Å². The molecule has 20 heavy (non-hydrogen) atoms. The van der Waals surface area contributed by atoms with Gasteiger partial charge in [0, 0.05) is 6.04 Å². The summed E-state index contributed by atoms with van der Waals surface area (Å²) in [7, 11) is 0. The Labute approximate surface area is 118 Å². The van der Waals surface area contributed by atoms with Crippen LogP contribution in [0.3, 0.4) is 0 Å². The Morgan fingerprint density at radius 2 is 2.05 bits per heavy atom. The van der Waals surface area contributed by atoms with Crippen molar-refractivity contribution >= 4 is 11.9 Å². The Morgan fingerprint density at radius 1 is 1.30 bits per heavy atom. The van der Waals surface area contributed by atoms with Gasteiger partial charge in [-0.15, -0.1) is 0 Å². The van der Waals surface area contributed by atoms with Gasteiger partial charge in [-0.2, -0.15) is 4.99 Å². The Kier molecular flexibility index (Phi) is 2.29. The van der Waals surface area contributed by atoms with Gasteiger partial charge >= 0.3 is 6.03 Å². The molecular weight excluding hydrogens is 250 g/mol. The number of carbonyl (C=O) groups excluding carboxylic acids is 1. The van der Waals surface area contributed by atoms with Crippen LogP contribution in [0.4, 0.5) is 4.79 Å². The molecule has 1 aliphatic heterocycles. The summed E-state index contributed by atoms with van der Waals surface area (Å²) < 4.78 is 0. The van der Waals surface area contributed by atoms with E-state index in [1.165, 1.54) is 11.1 Å². The van der Waals surface area contributed by atoms with E-state index >= 15 is 0 Å². The van der Waals surface area contributed by atoms with Gasteiger partial charge in [0.05, 0.1) is 0 Å². The van der Waals surface area contributed by atoms with Gasteiger partial charge in [0.15, 0.2) is 0 Å². The van der Waals surface area contributed by atoms with Crippen molar-refractivity contribution in [2.45, 2.75) is 50.1 Å². The first-order valence-corrected chi connectivity index (χ1v) is 7.42. The fourth-order valence-corrected chi connectivity index (χ4v) is 3.87. The Balaban J connectivity index is 1.93. The second-order valence-corrected chi connectivity index (χ2v) is 6.27. The zero-order valence-electron chi connectivity index (χ0n) is 11.7. The first kappa shape index (κ1) is 11.9. The number of nitrogens with zero attached hydrogens (tertiary/aromatic N) is 2.